The number of rotatable bonds is 4. The first-order valence-corrected chi connectivity index (χ1v) is 6.70. The molecule has 0 saturated carbocycles. The third-order valence-electron chi connectivity index (χ3n) is 2.90. The fourth-order valence-corrected chi connectivity index (χ4v) is 2.01. The maximum absolute atomic E-state index is 6.08. The zero-order valence-corrected chi connectivity index (χ0v) is 11.9. The van der Waals surface area contributed by atoms with E-state index in [-0.39, 0.29) is 11.6 Å². The van der Waals surface area contributed by atoms with Crippen LogP contribution in [0.5, 0.6) is 0 Å². The number of nitrogen functional groups attached to an aromatic ring is 1. The molecule has 6 heteroatoms. The van der Waals surface area contributed by atoms with Crippen LogP contribution in [0.3, 0.4) is 0 Å². The van der Waals surface area contributed by atoms with Gasteiger partial charge in [-0.1, -0.05) is 0 Å². The predicted octanol–water partition coefficient (Wildman–Crippen LogP) is 1.86. The largest absolute Gasteiger partial charge is 0.393 e. The van der Waals surface area contributed by atoms with Gasteiger partial charge in [-0.15, -0.1) is 0 Å². The molecule has 6 nitrogen and oxygen atoms in total. The Bertz CT molecular complexity index is 424. The van der Waals surface area contributed by atoms with E-state index >= 15 is 0 Å². The van der Waals surface area contributed by atoms with Crippen molar-refractivity contribution in [1.29, 1.82) is 0 Å². The van der Waals surface area contributed by atoms with Gasteiger partial charge in [-0.3, -0.25) is 0 Å². The van der Waals surface area contributed by atoms with Gasteiger partial charge in [-0.25, -0.2) is 9.97 Å². The summed E-state index contributed by atoms with van der Waals surface area (Å²) in [5, 5.41) is 6.51. The first kappa shape index (κ1) is 13.9. The molecule has 2 heterocycles. The van der Waals surface area contributed by atoms with Crippen LogP contribution in [-0.4, -0.2) is 34.8 Å². The fraction of sp³-hybridized carbons (Fsp3) is 0.692. The number of hydrogen-bond donors (Lipinski definition) is 3. The summed E-state index contributed by atoms with van der Waals surface area (Å²) >= 11 is 0. The fourth-order valence-electron chi connectivity index (χ4n) is 2.01. The van der Waals surface area contributed by atoms with Crippen LogP contribution in [0.4, 0.5) is 17.3 Å². The molecule has 1 aliphatic rings. The van der Waals surface area contributed by atoms with E-state index in [2.05, 4.69) is 41.4 Å². The summed E-state index contributed by atoms with van der Waals surface area (Å²) in [5.41, 5.74) is 6.55. The standard InChI is InChI=1S/C13H23N5O/c1-13(2,3)18-12-10(14)11(16-8-17-12)15-7-9-5-4-6-19-9/h8-9H,4-7,14H2,1-3H3,(H2,15,16,17,18). The number of aromatic nitrogens is 2. The van der Waals surface area contributed by atoms with Crippen LogP contribution in [0.1, 0.15) is 33.6 Å². The zero-order chi connectivity index (χ0) is 13.9. The van der Waals surface area contributed by atoms with Crippen molar-refractivity contribution in [3.8, 4) is 0 Å². The van der Waals surface area contributed by atoms with Crippen molar-refractivity contribution in [3.05, 3.63) is 6.33 Å². The molecular weight excluding hydrogens is 242 g/mol. The molecule has 106 valence electrons. The Balaban J connectivity index is 2.02. The van der Waals surface area contributed by atoms with Gasteiger partial charge < -0.3 is 21.1 Å². The van der Waals surface area contributed by atoms with Gasteiger partial charge in [0.2, 0.25) is 0 Å². The van der Waals surface area contributed by atoms with E-state index in [9.17, 15) is 0 Å². The first-order chi connectivity index (χ1) is 8.96. The van der Waals surface area contributed by atoms with Crippen molar-refractivity contribution in [1.82, 2.24) is 9.97 Å². The number of nitrogens with one attached hydrogen (secondary N) is 2. The molecule has 1 unspecified atom stereocenters. The first-order valence-electron chi connectivity index (χ1n) is 6.70. The van der Waals surface area contributed by atoms with Gasteiger partial charge in [-0.05, 0) is 33.6 Å². The van der Waals surface area contributed by atoms with Gasteiger partial charge in [0.05, 0.1) is 6.10 Å². The van der Waals surface area contributed by atoms with E-state index in [0.29, 0.717) is 17.3 Å². The molecule has 0 amide bonds. The molecule has 2 rings (SSSR count). The Hall–Kier alpha value is -1.56. The molecule has 1 atom stereocenters. The number of ether oxygens (including phenoxy) is 1. The second-order valence-electron chi connectivity index (χ2n) is 5.88. The summed E-state index contributed by atoms with van der Waals surface area (Å²) in [6, 6.07) is 0. The molecule has 1 fully saturated rings. The highest BCUT2D eigenvalue weighted by Gasteiger charge is 2.18. The molecule has 0 spiro atoms. The minimum atomic E-state index is -0.0890. The van der Waals surface area contributed by atoms with Crippen molar-refractivity contribution in [2.45, 2.75) is 45.3 Å². The molecule has 1 aromatic rings. The highest BCUT2D eigenvalue weighted by molar-refractivity contribution is 5.74. The van der Waals surface area contributed by atoms with Gasteiger partial charge in [0, 0.05) is 18.7 Å². The highest BCUT2D eigenvalue weighted by atomic mass is 16.5. The Labute approximate surface area is 114 Å². The maximum Gasteiger partial charge on any atom is 0.155 e. The Morgan fingerprint density at radius 2 is 2.11 bits per heavy atom. The zero-order valence-electron chi connectivity index (χ0n) is 11.9. The van der Waals surface area contributed by atoms with E-state index in [1.807, 2.05) is 0 Å². The van der Waals surface area contributed by atoms with Crippen LogP contribution in [0, 0.1) is 0 Å². The number of nitrogens with zero attached hydrogens (tertiary/aromatic N) is 2. The second-order valence-corrected chi connectivity index (χ2v) is 5.88. The van der Waals surface area contributed by atoms with Crippen LogP contribution >= 0.6 is 0 Å². The summed E-state index contributed by atoms with van der Waals surface area (Å²) in [4.78, 5) is 8.37. The van der Waals surface area contributed by atoms with Gasteiger partial charge in [-0.2, -0.15) is 0 Å². The lowest BCUT2D eigenvalue weighted by atomic mass is 10.1. The number of nitrogens with two attached hydrogens (primary N) is 1. The summed E-state index contributed by atoms with van der Waals surface area (Å²) in [6.45, 7) is 7.77. The smallest absolute Gasteiger partial charge is 0.155 e. The van der Waals surface area contributed by atoms with Crippen LogP contribution in [-0.2, 0) is 4.74 Å². The number of anilines is 3. The Kier molecular flexibility index (Phi) is 4.09. The molecule has 0 radical (unpaired) electrons. The third kappa shape index (κ3) is 3.96. The SMILES string of the molecule is CC(C)(C)Nc1ncnc(NCC2CCCO2)c1N. The van der Waals surface area contributed by atoms with Crippen molar-refractivity contribution in [2.24, 2.45) is 0 Å². The van der Waals surface area contributed by atoms with Gasteiger partial charge >= 0.3 is 0 Å². The van der Waals surface area contributed by atoms with Crippen LogP contribution in [0.2, 0.25) is 0 Å². The van der Waals surface area contributed by atoms with Gasteiger partial charge in [0.1, 0.15) is 12.0 Å². The van der Waals surface area contributed by atoms with Crippen LogP contribution in [0.25, 0.3) is 0 Å². The second kappa shape index (κ2) is 5.61. The lowest BCUT2D eigenvalue weighted by molar-refractivity contribution is 0.120. The van der Waals surface area contributed by atoms with Gasteiger partial charge in [0.25, 0.3) is 0 Å². The molecular formula is C13H23N5O. The van der Waals surface area contributed by atoms with Crippen LogP contribution < -0.4 is 16.4 Å². The Morgan fingerprint density at radius 3 is 2.74 bits per heavy atom. The third-order valence-corrected chi connectivity index (χ3v) is 2.90. The summed E-state index contributed by atoms with van der Waals surface area (Å²) < 4.78 is 5.56. The lowest BCUT2D eigenvalue weighted by Crippen LogP contribution is -2.28. The molecule has 0 aromatic carbocycles. The van der Waals surface area contributed by atoms with E-state index < -0.39 is 0 Å². The molecule has 4 N–H and O–H groups in total. The monoisotopic (exact) mass is 265 g/mol. The molecule has 0 aliphatic carbocycles. The quantitative estimate of drug-likeness (QED) is 0.770. The van der Waals surface area contributed by atoms with Crippen molar-refractivity contribution >= 4 is 17.3 Å². The average molecular weight is 265 g/mol. The minimum Gasteiger partial charge on any atom is -0.393 e. The van der Waals surface area contributed by atoms with Crippen molar-refractivity contribution < 1.29 is 4.74 Å². The highest BCUT2D eigenvalue weighted by Crippen LogP contribution is 2.25. The number of hydrogen-bond acceptors (Lipinski definition) is 6. The lowest BCUT2D eigenvalue weighted by Gasteiger charge is -2.23. The Morgan fingerprint density at radius 1 is 1.37 bits per heavy atom. The predicted molar refractivity (Wildman–Crippen MR) is 77.3 cm³/mol. The van der Waals surface area contributed by atoms with Crippen molar-refractivity contribution in [3.63, 3.8) is 0 Å². The maximum atomic E-state index is 6.08. The topological polar surface area (TPSA) is 85.1 Å². The summed E-state index contributed by atoms with van der Waals surface area (Å²) in [6.07, 6.45) is 3.99. The molecule has 19 heavy (non-hydrogen) atoms. The molecule has 1 aromatic heterocycles. The average Bonchev–Trinajstić information content (AvgIpc) is 2.81. The minimum absolute atomic E-state index is 0.0890. The van der Waals surface area contributed by atoms with Crippen molar-refractivity contribution in [2.75, 3.05) is 29.5 Å². The summed E-state index contributed by atoms with van der Waals surface area (Å²) in [7, 11) is 0. The molecule has 0 bridgehead atoms. The van der Waals surface area contributed by atoms with Crippen LogP contribution in [0.15, 0.2) is 6.33 Å². The van der Waals surface area contributed by atoms with E-state index in [1.54, 1.807) is 0 Å². The summed E-state index contributed by atoms with van der Waals surface area (Å²) in [5.74, 6) is 1.33. The molecule has 1 aliphatic heterocycles. The van der Waals surface area contributed by atoms with E-state index in [4.69, 9.17) is 10.5 Å². The normalized spacial score (nSPS) is 19.4. The molecule has 1 saturated heterocycles. The van der Waals surface area contributed by atoms with E-state index in [0.717, 1.165) is 26.0 Å². The van der Waals surface area contributed by atoms with E-state index in [1.165, 1.54) is 6.33 Å². The van der Waals surface area contributed by atoms with Gasteiger partial charge in [0.15, 0.2) is 11.6 Å².